The van der Waals surface area contributed by atoms with Crippen molar-refractivity contribution in [2.45, 2.75) is 13.0 Å². The monoisotopic (exact) mass is 392 g/mol. The van der Waals surface area contributed by atoms with Crippen molar-refractivity contribution in [3.8, 4) is 5.75 Å². The van der Waals surface area contributed by atoms with Crippen molar-refractivity contribution in [2.75, 3.05) is 5.32 Å². The minimum absolute atomic E-state index is 0.0781. The normalized spacial score (nSPS) is 11.4. The lowest BCUT2D eigenvalue weighted by atomic mass is 10.2. The molecule has 0 aliphatic heterocycles. The highest BCUT2D eigenvalue weighted by Crippen LogP contribution is 2.25. The van der Waals surface area contributed by atoms with E-state index in [9.17, 15) is 19.7 Å². The highest BCUT2D eigenvalue weighted by atomic mass is 79.9. The fourth-order valence-corrected chi connectivity index (χ4v) is 2.31. The average molecular weight is 393 g/mol. The van der Waals surface area contributed by atoms with Crippen LogP contribution >= 0.6 is 15.9 Å². The number of carbonyl (C=O) groups is 2. The molecule has 0 aliphatic rings. The molecule has 1 atom stereocenters. The molecule has 24 heavy (non-hydrogen) atoms. The van der Waals surface area contributed by atoms with Crippen molar-refractivity contribution in [3.63, 3.8) is 0 Å². The first kappa shape index (κ1) is 17.6. The summed E-state index contributed by atoms with van der Waals surface area (Å²) in [6, 6.07) is 10.6. The summed E-state index contributed by atoms with van der Waals surface area (Å²) in [5.74, 6) is -0.317. The van der Waals surface area contributed by atoms with Gasteiger partial charge in [0.05, 0.1) is 10.5 Å². The fraction of sp³-hybridized carbons (Fsp3) is 0.125. The number of anilines is 1. The molecule has 0 saturated carbocycles. The van der Waals surface area contributed by atoms with Gasteiger partial charge in [0.25, 0.3) is 11.6 Å². The Morgan fingerprint density at radius 2 is 2.04 bits per heavy atom. The number of nitro groups is 1. The Bertz CT molecular complexity index is 794. The Hall–Kier alpha value is -2.74. The number of hydrogen-bond donors (Lipinski definition) is 1. The molecule has 2 aromatic carbocycles. The van der Waals surface area contributed by atoms with E-state index in [0.29, 0.717) is 10.8 Å². The van der Waals surface area contributed by atoms with Crippen molar-refractivity contribution in [3.05, 3.63) is 62.6 Å². The number of rotatable bonds is 6. The van der Waals surface area contributed by atoms with Gasteiger partial charge in [-0.3, -0.25) is 19.7 Å². The summed E-state index contributed by atoms with van der Waals surface area (Å²) < 4.78 is 6.19. The van der Waals surface area contributed by atoms with Gasteiger partial charge in [0, 0.05) is 10.5 Å². The second kappa shape index (κ2) is 7.69. The van der Waals surface area contributed by atoms with E-state index in [0.717, 1.165) is 0 Å². The molecule has 0 bridgehead atoms. The zero-order chi connectivity index (χ0) is 17.7. The number of halogens is 1. The minimum Gasteiger partial charge on any atom is -0.480 e. The Kier molecular flexibility index (Phi) is 5.64. The van der Waals surface area contributed by atoms with E-state index >= 15 is 0 Å². The van der Waals surface area contributed by atoms with E-state index in [1.165, 1.54) is 25.1 Å². The zero-order valence-corrected chi connectivity index (χ0v) is 14.1. The standard InChI is InChI=1S/C16H13BrN2O5/c1-10(24-15-7-6-12(17)8-11(15)9-20)16(21)18-13-4-2-3-5-14(13)19(22)23/h2-10H,1H3,(H,18,21)/t10-/m0/s1. The third-order valence-electron chi connectivity index (χ3n) is 3.13. The van der Waals surface area contributed by atoms with Gasteiger partial charge in [0.15, 0.2) is 12.4 Å². The number of nitrogens with one attached hydrogen (secondary N) is 1. The Morgan fingerprint density at radius 1 is 1.33 bits per heavy atom. The van der Waals surface area contributed by atoms with Crippen LogP contribution in [0.1, 0.15) is 17.3 Å². The van der Waals surface area contributed by atoms with E-state index in [1.807, 2.05) is 0 Å². The minimum atomic E-state index is -0.954. The van der Waals surface area contributed by atoms with Gasteiger partial charge in [-0.25, -0.2) is 0 Å². The van der Waals surface area contributed by atoms with Crippen LogP contribution in [-0.2, 0) is 4.79 Å². The van der Waals surface area contributed by atoms with Crippen LogP contribution in [0.5, 0.6) is 5.75 Å². The molecule has 0 spiro atoms. The molecule has 0 aliphatic carbocycles. The molecule has 8 heteroatoms. The molecule has 7 nitrogen and oxygen atoms in total. The summed E-state index contributed by atoms with van der Waals surface area (Å²) in [5.41, 5.74) is 0.152. The smallest absolute Gasteiger partial charge is 0.292 e. The summed E-state index contributed by atoms with van der Waals surface area (Å²) in [5, 5.41) is 13.4. The Labute approximate surface area is 145 Å². The van der Waals surface area contributed by atoms with Crippen molar-refractivity contribution in [1.29, 1.82) is 0 Å². The van der Waals surface area contributed by atoms with E-state index in [1.54, 1.807) is 24.3 Å². The van der Waals surface area contributed by atoms with Crippen LogP contribution in [0.15, 0.2) is 46.9 Å². The fourth-order valence-electron chi connectivity index (χ4n) is 1.94. The van der Waals surface area contributed by atoms with Gasteiger partial charge in [-0.15, -0.1) is 0 Å². The third kappa shape index (κ3) is 4.17. The molecule has 0 fully saturated rings. The van der Waals surface area contributed by atoms with Gasteiger partial charge in [-0.2, -0.15) is 0 Å². The molecular formula is C16H13BrN2O5. The van der Waals surface area contributed by atoms with Crippen LogP contribution in [0.3, 0.4) is 0 Å². The van der Waals surface area contributed by atoms with E-state index < -0.39 is 16.9 Å². The van der Waals surface area contributed by atoms with Gasteiger partial charge in [-0.05, 0) is 31.2 Å². The largest absolute Gasteiger partial charge is 0.480 e. The zero-order valence-electron chi connectivity index (χ0n) is 12.6. The maximum Gasteiger partial charge on any atom is 0.292 e. The molecule has 0 heterocycles. The number of aldehydes is 1. The summed E-state index contributed by atoms with van der Waals surface area (Å²) in [4.78, 5) is 33.6. The highest BCUT2D eigenvalue weighted by Gasteiger charge is 2.20. The number of benzene rings is 2. The number of para-hydroxylation sites is 2. The number of hydrogen-bond acceptors (Lipinski definition) is 5. The second-order valence-corrected chi connectivity index (χ2v) is 5.74. The van der Waals surface area contributed by atoms with Crippen LogP contribution in [0, 0.1) is 10.1 Å². The molecular weight excluding hydrogens is 380 g/mol. The number of carbonyl (C=O) groups excluding carboxylic acids is 2. The van der Waals surface area contributed by atoms with Crippen molar-refractivity contribution >= 4 is 39.5 Å². The molecule has 2 aromatic rings. The molecule has 1 amide bonds. The molecule has 0 radical (unpaired) electrons. The van der Waals surface area contributed by atoms with E-state index in [4.69, 9.17) is 4.74 Å². The summed E-state index contributed by atoms with van der Waals surface area (Å²) in [6.07, 6.45) is -0.336. The molecule has 0 aromatic heterocycles. The van der Waals surface area contributed by atoms with Crippen molar-refractivity contribution in [1.82, 2.24) is 0 Å². The quantitative estimate of drug-likeness (QED) is 0.460. The number of ether oxygens (including phenoxy) is 1. The first-order valence-electron chi connectivity index (χ1n) is 6.88. The first-order valence-corrected chi connectivity index (χ1v) is 7.67. The van der Waals surface area contributed by atoms with Gasteiger partial charge < -0.3 is 10.1 Å². The van der Waals surface area contributed by atoms with Gasteiger partial charge >= 0.3 is 0 Å². The molecule has 0 saturated heterocycles. The lowest BCUT2D eigenvalue weighted by molar-refractivity contribution is -0.383. The summed E-state index contributed by atoms with van der Waals surface area (Å²) >= 11 is 3.24. The first-order chi connectivity index (χ1) is 11.4. The van der Waals surface area contributed by atoms with Crippen LogP contribution in [-0.4, -0.2) is 23.2 Å². The van der Waals surface area contributed by atoms with Crippen molar-refractivity contribution < 1.29 is 19.2 Å². The Balaban J connectivity index is 2.14. The molecule has 1 N–H and O–H groups in total. The SMILES string of the molecule is C[C@H](Oc1ccc(Br)cc1C=O)C(=O)Nc1ccccc1[N+](=O)[O-]. The van der Waals surface area contributed by atoms with Gasteiger partial charge in [0.2, 0.25) is 0 Å². The van der Waals surface area contributed by atoms with Crippen molar-refractivity contribution in [2.24, 2.45) is 0 Å². The number of amides is 1. The van der Waals surface area contributed by atoms with Gasteiger partial charge in [0.1, 0.15) is 11.4 Å². The average Bonchev–Trinajstić information content (AvgIpc) is 2.56. The second-order valence-electron chi connectivity index (χ2n) is 4.82. The lowest BCUT2D eigenvalue weighted by Crippen LogP contribution is -2.30. The summed E-state index contributed by atoms with van der Waals surface area (Å²) in [7, 11) is 0. The van der Waals surface area contributed by atoms with Crippen LogP contribution in [0.4, 0.5) is 11.4 Å². The number of nitro benzene ring substituents is 1. The Morgan fingerprint density at radius 3 is 2.71 bits per heavy atom. The number of nitrogens with zero attached hydrogens (tertiary/aromatic N) is 1. The van der Waals surface area contributed by atoms with Crippen LogP contribution in [0.2, 0.25) is 0 Å². The molecule has 2 rings (SSSR count). The maximum atomic E-state index is 12.2. The third-order valence-corrected chi connectivity index (χ3v) is 3.62. The highest BCUT2D eigenvalue weighted by molar-refractivity contribution is 9.10. The van der Waals surface area contributed by atoms with Gasteiger partial charge in [-0.1, -0.05) is 28.1 Å². The topological polar surface area (TPSA) is 98.5 Å². The predicted molar refractivity (Wildman–Crippen MR) is 91.3 cm³/mol. The van der Waals surface area contributed by atoms with E-state index in [2.05, 4.69) is 21.2 Å². The molecule has 0 unspecified atom stereocenters. The van der Waals surface area contributed by atoms with Crippen LogP contribution in [0.25, 0.3) is 0 Å². The van der Waals surface area contributed by atoms with Crippen LogP contribution < -0.4 is 10.1 Å². The summed E-state index contributed by atoms with van der Waals surface area (Å²) in [6.45, 7) is 1.49. The van der Waals surface area contributed by atoms with E-state index in [-0.39, 0.29) is 22.7 Å². The lowest BCUT2D eigenvalue weighted by Gasteiger charge is -2.16. The maximum absolute atomic E-state index is 12.2. The molecule has 124 valence electrons. The predicted octanol–water partition coefficient (Wildman–Crippen LogP) is 3.58.